The molecule has 4 atom stereocenters. The number of alkyl halides is 1. The first-order valence-electron chi connectivity index (χ1n) is 15.0. The van der Waals surface area contributed by atoms with Crippen LogP contribution in [-0.2, 0) is 4.74 Å². The number of nitrogens with zero attached hydrogens (tertiary/aromatic N) is 5. The van der Waals surface area contributed by atoms with E-state index in [1.807, 2.05) is 4.90 Å². The summed E-state index contributed by atoms with van der Waals surface area (Å²) in [6.07, 6.45) is 8.95. The molecule has 224 valence electrons. The molecule has 8 rings (SSSR count). The van der Waals surface area contributed by atoms with Crippen molar-refractivity contribution in [3.63, 3.8) is 0 Å². The highest BCUT2D eigenvalue weighted by Gasteiger charge is 2.56. The molecule has 10 heteroatoms. The quantitative estimate of drug-likeness (QED) is 0.224. The lowest BCUT2D eigenvalue weighted by Crippen LogP contribution is -2.43. The number of fused-ring (bicyclic) bond motifs is 4. The Kier molecular flexibility index (Phi) is 6.33. The van der Waals surface area contributed by atoms with Crippen LogP contribution in [-0.4, -0.2) is 77.1 Å². The third kappa shape index (κ3) is 4.17. The third-order valence-electron chi connectivity index (χ3n) is 9.69. The maximum absolute atomic E-state index is 16.7. The molecule has 4 aliphatic rings. The highest BCUT2D eigenvalue weighted by atomic mass is 19.1. The minimum Gasteiger partial charge on any atom is -0.461 e. The van der Waals surface area contributed by atoms with Crippen LogP contribution in [0.15, 0.2) is 48.7 Å². The molecule has 3 saturated heterocycles. The van der Waals surface area contributed by atoms with Gasteiger partial charge < -0.3 is 14.4 Å². The lowest BCUT2D eigenvalue weighted by molar-refractivity contribution is 0.108. The van der Waals surface area contributed by atoms with Crippen LogP contribution in [0.3, 0.4) is 0 Å². The molecule has 0 N–H and O–H groups in total. The molecular formula is C34H30F3N5O2. The second kappa shape index (κ2) is 10.2. The van der Waals surface area contributed by atoms with Gasteiger partial charge in [0.05, 0.1) is 35.7 Å². The van der Waals surface area contributed by atoms with Crippen LogP contribution in [0.5, 0.6) is 6.01 Å². The minimum absolute atomic E-state index is 0.00772. The zero-order valence-corrected chi connectivity index (χ0v) is 24.0. The second-order valence-electron chi connectivity index (χ2n) is 12.3. The fourth-order valence-corrected chi connectivity index (χ4v) is 7.52. The number of halogens is 3. The number of aromatic nitrogens is 3. The van der Waals surface area contributed by atoms with E-state index in [0.717, 1.165) is 37.9 Å². The summed E-state index contributed by atoms with van der Waals surface area (Å²) in [5, 5.41) is 1.37. The number of benzene rings is 2. The summed E-state index contributed by atoms with van der Waals surface area (Å²) in [6, 6.07) is 7.66. The number of pyridine rings is 1. The molecule has 0 radical (unpaired) electrons. The highest BCUT2D eigenvalue weighted by Crippen LogP contribution is 2.45. The molecule has 0 spiro atoms. The molecule has 0 amide bonds. The Morgan fingerprint density at radius 1 is 1.18 bits per heavy atom. The molecule has 5 heterocycles. The number of hydrogen-bond acceptors (Lipinski definition) is 7. The molecule has 0 bridgehead atoms. The number of hydrogen-bond donors (Lipinski definition) is 0. The van der Waals surface area contributed by atoms with E-state index in [0.29, 0.717) is 53.9 Å². The van der Waals surface area contributed by atoms with Crippen LogP contribution in [0.2, 0.25) is 0 Å². The van der Waals surface area contributed by atoms with Crippen molar-refractivity contribution in [3.8, 4) is 29.6 Å². The summed E-state index contributed by atoms with van der Waals surface area (Å²) in [5.41, 5.74) is 1.30. The van der Waals surface area contributed by atoms with Gasteiger partial charge >= 0.3 is 6.01 Å². The summed E-state index contributed by atoms with van der Waals surface area (Å²) < 4.78 is 58.3. The van der Waals surface area contributed by atoms with Gasteiger partial charge in [-0.25, -0.2) is 13.2 Å². The minimum atomic E-state index is -1.08. The molecule has 1 saturated carbocycles. The predicted molar refractivity (Wildman–Crippen MR) is 161 cm³/mol. The van der Waals surface area contributed by atoms with Gasteiger partial charge in [-0.15, -0.1) is 6.42 Å². The van der Waals surface area contributed by atoms with Crippen LogP contribution in [0.1, 0.15) is 24.8 Å². The lowest BCUT2D eigenvalue weighted by atomic mass is 9.94. The van der Waals surface area contributed by atoms with Gasteiger partial charge in [-0.1, -0.05) is 42.3 Å². The van der Waals surface area contributed by atoms with Gasteiger partial charge in [0, 0.05) is 36.2 Å². The van der Waals surface area contributed by atoms with E-state index in [-0.39, 0.29) is 34.2 Å². The Balaban J connectivity index is 1.28. The molecule has 2 aromatic heterocycles. The fourth-order valence-electron chi connectivity index (χ4n) is 7.52. The predicted octanol–water partition coefficient (Wildman–Crippen LogP) is 5.45. The normalized spacial score (nSPS) is 26.5. The van der Waals surface area contributed by atoms with E-state index in [4.69, 9.17) is 20.9 Å². The Hall–Kier alpha value is -4.20. The molecule has 4 aromatic rings. The van der Waals surface area contributed by atoms with Crippen LogP contribution in [0.25, 0.3) is 32.9 Å². The van der Waals surface area contributed by atoms with Gasteiger partial charge in [0.2, 0.25) is 0 Å². The molecular weight excluding hydrogens is 567 g/mol. The summed E-state index contributed by atoms with van der Waals surface area (Å²) >= 11 is 0. The number of ether oxygens (including phenoxy) is 2. The Labute approximate surface area is 252 Å². The number of terminal acetylenes is 1. The van der Waals surface area contributed by atoms with Crippen molar-refractivity contribution in [3.05, 3.63) is 65.9 Å². The van der Waals surface area contributed by atoms with Crippen molar-refractivity contribution in [1.29, 1.82) is 0 Å². The molecule has 7 nitrogen and oxygen atoms in total. The summed E-state index contributed by atoms with van der Waals surface area (Å²) in [5.74, 6) is 1.19. The van der Waals surface area contributed by atoms with Crippen molar-refractivity contribution in [2.75, 3.05) is 44.4 Å². The van der Waals surface area contributed by atoms with E-state index in [2.05, 4.69) is 27.4 Å². The molecule has 3 aliphatic heterocycles. The first kappa shape index (κ1) is 27.4. The summed E-state index contributed by atoms with van der Waals surface area (Å²) in [6.45, 7) is 7.40. The molecule has 44 heavy (non-hydrogen) atoms. The van der Waals surface area contributed by atoms with Crippen LogP contribution < -0.4 is 9.64 Å². The lowest BCUT2D eigenvalue weighted by Gasteiger charge is -2.31. The van der Waals surface area contributed by atoms with E-state index in [1.54, 1.807) is 24.3 Å². The Morgan fingerprint density at radius 3 is 2.93 bits per heavy atom. The summed E-state index contributed by atoms with van der Waals surface area (Å²) in [7, 11) is 0. The monoisotopic (exact) mass is 597 g/mol. The van der Waals surface area contributed by atoms with Gasteiger partial charge in [-0.05, 0) is 37.3 Å². The molecule has 4 fully saturated rings. The number of anilines is 1. The highest BCUT2D eigenvalue weighted by molar-refractivity contribution is 6.02. The van der Waals surface area contributed by atoms with Gasteiger partial charge in [-0.3, -0.25) is 9.88 Å². The van der Waals surface area contributed by atoms with E-state index < -0.39 is 23.8 Å². The zero-order valence-electron chi connectivity index (χ0n) is 24.0. The van der Waals surface area contributed by atoms with E-state index in [1.165, 1.54) is 12.3 Å². The maximum atomic E-state index is 16.7. The van der Waals surface area contributed by atoms with Crippen molar-refractivity contribution < 1.29 is 22.6 Å². The van der Waals surface area contributed by atoms with Crippen LogP contribution in [0.4, 0.5) is 19.0 Å². The zero-order chi connectivity index (χ0) is 30.2. The average Bonchev–Trinajstić information content (AvgIpc) is 3.43. The van der Waals surface area contributed by atoms with E-state index in [9.17, 15) is 8.78 Å². The SMILES string of the molecule is C#Cc1c(F)ccc2cccc(-c3ncc4c(N5CCOC[C@H]6[C@H](F)[C@H]65)nc(OC[C@@]56CCCN5CC(=C)C6)nc4c3F)c12. The van der Waals surface area contributed by atoms with Gasteiger partial charge in [0.15, 0.2) is 5.82 Å². The first-order chi connectivity index (χ1) is 21.4. The number of rotatable bonds is 5. The third-order valence-corrected chi connectivity index (χ3v) is 9.69. The first-order valence-corrected chi connectivity index (χ1v) is 15.0. The molecule has 1 aliphatic carbocycles. The van der Waals surface area contributed by atoms with Gasteiger partial charge in [0.1, 0.15) is 35.6 Å². The summed E-state index contributed by atoms with van der Waals surface area (Å²) in [4.78, 5) is 18.0. The maximum Gasteiger partial charge on any atom is 0.319 e. The standard InChI is InChI=1S/C34H30F3N5O2/c1-3-21-25(35)9-8-20-6-4-7-22(26(20)21)29-28(37)30-23(15-38-29)32(42-12-13-43-17-24-27(36)31(24)42)40-33(39-30)44-18-34-10-5-11-41(34)16-19(2)14-34/h1,4,6-9,15,24,27,31H,2,5,10-14,16-18H2/t24-,27-,31-,34-/m0/s1. The van der Waals surface area contributed by atoms with Crippen molar-refractivity contribution >= 4 is 27.5 Å². The topological polar surface area (TPSA) is 63.6 Å². The van der Waals surface area contributed by atoms with E-state index >= 15 is 4.39 Å². The Morgan fingerprint density at radius 2 is 2.07 bits per heavy atom. The van der Waals surface area contributed by atoms with Crippen molar-refractivity contribution in [1.82, 2.24) is 19.9 Å². The largest absolute Gasteiger partial charge is 0.461 e. The van der Waals surface area contributed by atoms with Crippen LogP contribution in [0, 0.1) is 29.9 Å². The second-order valence-corrected chi connectivity index (χ2v) is 12.3. The average molecular weight is 598 g/mol. The van der Waals surface area contributed by atoms with Gasteiger partial charge in [-0.2, -0.15) is 9.97 Å². The Bertz CT molecular complexity index is 1890. The van der Waals surface area contributed by atoms with Gasteiger partial charge in [0.25, 0.3) is 0 Å². The van der Waals surface area contributed by atoms with Crippen molar-refractivity contribution in [2.45, 2.75) is 37.0 Å². The fraction of sp³-hybridized carbons (Fsp3) is 0.382. The van der Waals surface area contributed by atoms with Crippen LogP contribution >= 0.6 is 0 Å². The smallest absolute Gasteiger partial charge is 0.319 e. The molecule has 0 unspecified atom stereocenters. The van der Waals surface area contributed by atoms with Crippen molar-refractivity contribution in [2.24, 2.45) is 5.92 Å². The molecule has 2 aromatic carbocycles.